The molecule has 0 radical (unpaired) electrons. The maximum Gasteiger partial charge on any atom is 0.322 e. The van der Waals surface area contributed by atoms with Crippen LogP contribution in [0.2, 0.25) is 0 Å². The van der Waals surface area contributed by atoms with Crippen molar-refractivity contribution in [3.05, 3.63) is 102 Å². The quantitative estimate of drug-likeness (QED) is 0.347. The second-order valence-corrected chi connectivity index (χ2v) is 8.70. The monoisotopic (exact) mass is 496 g/mol. The van der Waals surface area contributed by atoms with Crippen LogP contribution in [-0.4, -0.2) is 41.8 Å². The number of hydrogen-bond donors (Lipinski definition) is 1. The van der Waals surface area contributed by atoms with Crippen molar-refractivity contribution < 1.29 is 18.8 Å². The molecule has 37 heavy (non-hydrogen) atoms. The number of benzene rings is 3. The van der Waals surface area contributed by atoms with Crippen LogP contribution < -0.4 is 14.8 Å². The van der Waals surface area contributed by atoms with Gasteiger partial charge in [-0.1, -0.05) is 59.8 Å². The first-order chi connectivity index (χ1) is 18.1. The Kier molecular flexibility index (Phi) is 6.89. The van der Waals surface area contributed by atoms with E-state index in [4.69, 9.17) is 19.0 Å². The fourth-order valence-electron chi connectivity index (χ4n) is 4.50. The van der Waals surface area contributed by atoms with E-state index in [0.29, 0.717) is 36.2 Å². The van der Waals surface area contributed by atoms with Crippen molar-refractivity contribution in [1.29, 1.82) is 0 Å². The van der Waals surface area contributed by atoms with Crippen LogP contribution >= 0.6 is 0 Å². The molecular formula is C29H28N4O4. The summed E-state index contributed by atoms with van der Waals surface area (Å²) >= 11 is 0. The fraction of sp³-hybridized carbons (Fsp3) is 0.207. The van der Waals surface area contributed by atoms with Crippen LogP contribution in [0, 0.1) is 0 Å². The van der Waals surface area contributed by atoms with Crippen LogP contribution in [0.5, 0.6) is 11.5 Å². The van der Waals surface area contributed by atoms with Gasteiger partial charge < -0.3 is 19.3 Å². The standard InChI is InChI=1S/C29H28N4O4/c1-19-25(28-31-27(32-37-28)22-12-8-14-24(18-22)36-3)26(21-11-7-13-23(17-21)35-2)30-29(34)33(19)16-15-20-9-5-4-6-10-20/h4-14,17-18,26H,15-16H2,1-3H3,(H,30,34). The highest BCUT2D eigenvalue weighted by Gasteiger charge is 2.35. The molecule has 5 rings (SSSR count). The molecule has 4 aromatic rings. The summed E-state index contributed by atoms with van der Waals surface area (Å²) in [7, 11) is 3.23. The third-order valence-corrected chi connectivity index (χ3v) is 6.47. The predicted molar refractivity (Wildman–Crippen MR) is 140 cm³/mol. The first kappa shape index (κ1) is 24.1. The molecule has 0 bridgehead atoms. The van der Waals surface area contributed by atoms with E-state index in [2.05, 4.69) is 22.6 Å². The normalized spacial score (nSPS) is 15.5. The van der Waals surface area contributed by atoms with E-state index in [-0.39, 0.29) is 6.03 Å². The molecule has 1 aliphatic heterocycles. The number of aromatic nitrogens is 2. The van der Waals surface area contributed by atoms with Gasteiger partial charge >= 0.3 is 6.03 Å². The minimum atomic E-state index is -0.491. The number of ether oxygens (including phenoxy) is 2. The van der Waals surface area contributed by atoms with Crippen LogP contribution in [0.15, 0.2) is 89.1 Å². The summed E-state index contributed by atoms with van der Waals surface area (Å²) in [6.45, 7) is 2.43. The van der Waals surface area contributed by atoms with Crippen LogP contribution in [0.1, 0.15) is 30.0 Å². The summed E-state index contributed by atoms with van der Waals surface area (Å²) in [6.07, 6.45) is 0.710. The molecule has 0 fully saturated rings. The van der Waals surface area contributed by atoms with E-state index in [0.717, 1.165) is 28.0 Å². The van der Waals surface area contributed by atoms with Gasteiger partial charge in [0.2, 0.25) is 5.82 Å². The molecule has 1 N–H and O–H groups in total. The largest absolute Gasteiger partial charge is 0.497 e. The van der Waals surface area contributed by atoms with Crippen LogP contribution in [0.3, 0.4) is 0 Å². The summed E-state index contributed by atoms with van der Waals surface area (Å²) in [5.74, 6) is 2.17. The molecule has 3 aromatic carbocycles. The van der Waals surface area contributed by atoms with Crippen molar-refractivity contribution in [3.8, 4) is 22.9 Å². The average molecular weight is 497 g/mol. The van der Waals surface area contributed by atoms with E-state index in [1.807, 2.05) is 73.7 Å². The number of urea groups is 1. The molecule has 1 aromatic heterocycles. The van der Waals surface area contributed by atoms with Gasteiger partial charge in [0.25, 0.3) is 5.89 Å². The molecule has 8 heteroatoms. The summed E-state index contributed by atoms with van der Waals surface area (Å²) in [5.41, 5.74) is 4.27. The molecule has 2 amide bonds. The zero-order chi connectivity index (χ0) is 25.8. The smallest absolute Gasteiger partial charge is 0.322 e. The van der Waals surface area contributed by atoms with Gasteiger partial charge in [-0.2, -0.15) is 4.98 Å². The molecule has 0 spiro atoms. The third kappa shape index (κ3) is 5.04. The van der Waals surface area contributed by atoms with Gasteiger partial charge in [0.15, 0.2) is 0 Å². The highest BCUT2D eigenvalue weighted by atomic mass is 16.5. The molecule has 1 atom stereocenters. The van der Waals surface area contributed by atoms with Crippen molar-refractivity contribution >= 4 is 11.6 Å². The molecule has 1 aliphatic rings. The number of nitrogens with one attached hydrogen (secondary N) is 1. The van der Waals surface area contributed by atoms with E-state index in [1.54, 1.807) is 19.1 Å². The third-order valence-electron chi connectivity index (χ3n) is 6.47. The Labute approximate surface area is 215 Å². The first-order valence-electron chi connectivity index (χ1n) is 12.0. The number of carbonyl (C=O) groups is 1. The van der Waals surface area contributed by atoms with Crippen molar-refractivity contribution in [2.75, 3.05) is 20.8 Å². The summed E-state index contributed by atoms with van der Waals surface area (Å²) in [6, 6.07) is 24.5. The Morgan fingerprint density at radius 1 is 0.946 bits per heavy atom. The summed E-state index contributed by atoms with van der Waals surface area (Å²) in [4.78, 5) is 19.8. The van der Waals surface area contributed by atoms with Gasteiger partial charge in [-0.3, -0.25) is 4.90 Å². The lowest BCUT2D eigenvalue weighted by atomic mass is 9.94. The zero-order valence-corrected chi connectivity index (χ0v) is 21.0. The Balaban J connectivity index is 1.55. The van der Waals surface area contributed by atoms with Gasteiger partial charge in [-0.25, -0.2) is 4.79 Å². The lowest BCUT2D eigenvalue weighted by Crippen LogP contribution is -2.46. The van der Waals surface area contributed by atoms with Gasteiger partial charge in [-0.05, 0) is 48.7 Å². The average Bonchev–Trinajstić information content (AvgIpc) is 3.43. The number of carbonyl (C=O) groups excluding carboxylic acids is 1. The van der Waals surface area contributed by atoms with Gasteiger partial charge in [0, 0.05) is 17.8 Å². The van der Waals surface area contributed by atoms with Crippen LogP contribution in [-0.2, 0) is 6.42 Å². The van der Waals surface area contributed by atoms with E-state index in [9.17, 15) is 4.79 Å². The molecule has 1 unspecified atom stereocenters. The predicted octanol–water partition coefficient (Wildman–Crippen LogP) is 5.49. The molecular weight excluding hydrogens is 468 g/mol. The van der Waals surface area contributed by atoms with Crippen molar-refractivity contribution in [1.82, 2.24) is 20.4 Å². The molecule has 2 heterocycles. The lowest BCUT2D eigenvalue weighted by molar-refractivity contribution is 0.205. The molecule has 0 saturated carbocycles. The Morgan fingerprint density at radius 2 is 1.68 bits per heavy atom. The minimum absolute atomic E-state index is 0.183. The number of hydrogen-bond acceptors (Lipinski definition) is 6. The van der Waals surface area contributed by atoms with Crippen molar-refractivity contribution in [3.63, 3.8) is 0 Å². The second kappa shape index (κ2) is 10.6. The Hall–Kier alpha value is -4.59. The maximum absolute atomic E-state index is 13.3. The molecule has 188 valence electrons. The van der Waals surface area contributed by atoms with E-state index in [1.165, 1.54) is 0 Å². The number of methoxy groups -OCH3 is 2. The highest BCUT2D eigenvalue weighted by Crippen LogP contribution is 2.38. The summed E-state index contributed by atoms with van der Waals surface area (Å²) < 4.78 is 16.6. The first-order valence-corrected chi connectivity index (χ1v) is 12.0. The van der Waals surface area contributed by atoms with Gasteiger partial charge in [-0.15, -0.1) is 0 Å². The molecule has 0 aliphatic carbocycles. The highest BCUT2D eigenvalue weighted by molar-refractivity contribution is 5.87. The Bertz CT molecular complexity index is 1430. The van der Waals surface area contributed by atoms with Crippen molar-refractivity contribution in [2.45, 2.75) is 19.4 Å². The van der Waals surface area contributed by atoms with Crippen LogP contribution in [0.25, 0.3) is 17.0 Å². The topological polar surface area (TPSA) is 89.7 Å². The summed E-state index contributed by atoms with van der Waals surface area (Å²) in [5, 5.41) is 7.38. The molecule has 8 nitrogen and oxygen atoms in total. The number of allylic oxidation sites excluding steroid dienone is 1. The second-order valence-electron chi connectivity index (χ2n) is 8.70. The lowest BCUT2D eigenvalue weighted by Gasteiger charge is -2.35. The number of nitrogens with zero attached hydrogens (tertiary/aromatic N) is 3. The van der Waals surface area contributed by atoms with E-state index < -0.39 is 6.04 Å². The zero-order valence-electron chi connectivity index (χ0n) is 21.0. The molecule has 0 saturated heterocycles. The van der Waals surface area contributed by atoms with Gasteiger partial charge in [0.05, 0.1) is 25.8 Å². The van der Waals surface area contributed by atoms with E-state index >= 15 is 0 Å². The van der Waals surface area contributed by atoms with Crippen LogP contribution in [0.4, 0.5) is 4.79 Å². The van der Waals surface area contributed by atoms with Gasteiger partial charge in [0.1, 0.15) is 11.5 Å². The maximum atomic E-state index is 13.3. The fourth-order valence-corrected chi connectivity index (χ4v) is 4.50. The minimum Gasteiger partial charge on any atom is -0.497 e. The Morgan fingerprint density at radius 3 is 2.43 bits per heavy atom. The van der Waals surface area contributed by atoms with Crippen molar-refractivity contribution in [2.24, 2.45) is 0 Å². The number of amides is 2. The number of rotatable bonds is 8. The SMILES string of the molecule is COc1cccc(-c2noc(C3=C(C)N(CCc4ccccc4)C(=O)NC3c3cccc(OC)c3)n2)c1.